The smallest absolute Gasteiger partial charge is 0.418 e. The van der Waals surface area contributed by atoms with Crippen molar-refractivity contribution >= 4 is 17.8 Å². The molecule has 0 spiro atoms. The van der Waals surface area contributed by atoms with Gasteiger partial charge in [0.2, 0.25) is 5.88 Å². The Hall–Kier alpha value is -3.94. The lowest BCUT2D eigenvalue weighted by Gasteiger charge is -2.30. The monoisotopic (exact) mass is 420 g/mol. The van der Waals surface area contributed by atoms with Crippen LogP contribution in [-0.4, -0.2) is 23.7 Å². The summed E-state index contributed by atoms with van der Waals surface area (Å²) in [5.41, 5.74) is 6.99. The molecule has 0 saturated heterocycles. The van der Waals surface area contributed by atoms with Crippen molar-refractivity contribution in [2.75, 3.05) is 11.9 Å². The molecular formula is C23H21FN4O3. The van der Waals surface area contributed by atoms with Gasteiger partial charge in [0.05, 0.1) is 12.1 Å². The number of hydrogen-bond donors (Lipinski definition) is 2. The van der Waals surface area contributed by atoms with E-state index in [1.165, 1.54) is 18.2 Å². The van der Waals surface area contributed by atoms with Crippen molar-refractivity contribution in [2.45, 2.75) is 18.9 Å². The molecule has 3 N–H and O–H groups in total. The largest absolute Gasteiger partial charge is 0.465 e. The van der Waals surface area contributed by atoms with Gasteiger partial charge in [0.1, 0.15) is 5.82 Å². The van der Waals surface area contributed by atoms with E-state index in [9.17, 15) is 9.18 Å². The zero-order chi connectivity index (χ0) is 21.8. The maximum Gasteiger partial charge on any atom is 0.418 e. The van der Waals surface area contributed by atoms with E-state index in [1.807, 2.05) is 36.4 Å². The number of carbonyl (C=O) groups is 1. The fourth-order valence-corrected chi connectivity index (χ4v) is 3.44. The van der Waals surface area contributed by atoms with Gasteiger partial charge in [-0.05, 0) is 42.8 Å². The summed E-state index contributed by atoms with van der Waals surface area (Å²) in [5, 5.41) is 2.63. The fraction of sp³-hybridized carbons (Fsp3) is 0.174. The minimum atomic E-state index is -0.893. The standard InChI is InChI=1S/C23H21FN4O3/c1-23(11-13-30-21(25)28-23)18-14-16(9-10-19(18)24)27-22(29)31-20-17(8-5-12-26-20)15-6-3-2-4-7-15/h2-10,12,14H,11,13H2,1H3,(H2,25,28)(H,27,29)/t23-/m0/s1. The molecule has 1 aliphatic heterocycles. The van der Waals surface area contributed by atoms with Gasteiger partial charge in [0.15, 0.2) is 0 Å². The molecule has 31 heavy (non-hydrogen) atoms. The fourth-order valence-electron chi connectivity index (χ4n) is 3.44. The Morgan fingerprint density at radius 1 is 1.19 bits per heavy atom. The van der Waals surface area contributed by atoms with Crippen LogP contribution >= 0.6 is 0 Å². The minimum absolute atomic E-state index is 0.00881. The van der Waals surface area contributed by atoms with E-state index in [0.29, 0.717) is 29.8 Å². The number of nitrogens with two attached hydrogens (primary N) is 1. The second-order valence-corrected chi connectivity index (χ2v) is 7.25. The van der Waals surface area contributed by atoms with Gasteiger partial charge in [0.25, 0.3) is 6.02 Å². The molecule has 0 aliphatic carbocycles. The number of rotatable bonds is 4. The van der Waals surface area contributed by atoms with Crippen LogP contribution in [0.25, 0.3) is 11.1 Å². The van der Waals surface area contributed by atoms with Crippen LogP contribution in [0.4, 0.5) is 14.9 Å². The maximum absolute atomic E-state index is 14.5. The van der Waals surface area contributed by atoms with Crippen molar-refractivity contribution in [2.24, 2.45) is 10.7 Å². The molecular weight excluding hydrogens is 399 g/mol. The number of aliphatic imine (C=N–C) groups is 1. The summed E-state index contributed by atoms with van der Waals surface area (Å²) in [4.78, 5) is 21.0. The Kier molecular flexibility index (Phi) is 5.53. The predicted octanol–water partition coefficient (Wildman–Crippen LogP) is 4.45. The molecule has 0 fully saturated rings. The molecule has 158 valence electrons. The lowest BCUT2D eigenvalue weighted by atomic mass is 9.88. The van der Waals surface area contributed by atoms with Gasteiger partial charge in [-0.3, -0.25) is 5.32 Å². The zero-order valence-corrected chi connectivity index (χ0v) is 16.8. The van der Waals surface area contributed by atoms with E-state index in [-0.39, 0.29) is 11.9 Å². The molecule has 4 rings (SSSR count). The van der Waals surface area contributed by atoms with Crippen LogP contribution in [-0.2, 0) is 10.3 Å². The molecule has 1 amide bonds. The molecule has 0 radical (unpaired) electrons. The molecule has 2 aromatic carbocycles. The van der Waals surface area contributed by atoms with Gasteiger partial charge in [-0.2, -0.15) is 0 Å². The van der Waals surface area contributed by atoms with Crippen LogP contribution < -0.4 is 15.8 Å². The van der Waals surface area contributed by atoms with Crippen molar-refractivity contribution in [1.29, 1.82) is 0 Å². The third-order valence-electron chi connectivity index (χ3n) is 5.03. The molecule has 7 nitrogen and oxygen atoms in total. The number of nitrogens with zero attached hydrogens (tertiary/aromatic N) is 2. The molecule has 8 heteroatoms. The summed E-state index contributed by atoms with van der Waals surface area (Å²) >= 11 is 0. The number of nitrogens with one attached hydrogen (secondary N) is 1. The number of halogens is 1. The number of hydrogen-bond acceptors (Lipinski definition) is 6. The topological polar surface area (TPSA) is 98.8 Å². The van der Waals surface area contributed by atoms with Gasteiger partial charge in [-0.25, -0.2) is 19.2 Å². The van der Waals surface area contributed by atoms with Crippen molar-refractivity contribution < 1.29 is 18.7 Å². The van der Waals surface area contributed by atoms with Gasteiger partial charge in [-0.1, -0.05) is 30.3 Å². The summed E-state index contributed by atoms with van der Waals surface area (Å²) < 4.78 is 25.1. The summed E-state index contributed by atoms with van der Waals surface area (Å²) in [7, 11) is 0. The average Bonchev–Trinajstić information content (AvgIpc) is 2.76. The van der Waals surface area contributed by atoms with Crippen molar-refractivity contribution in [3.05, 3.63) is 78.2 Å². The highest BCUT2D eigenvalue weighted by Gasteiger charge is 2.33. The van der Waals surface area contributed by atoms with E-state index in [2.05, 4.69) is 15.3 Å². The molecule has 1 aliphatic rings. The Morgan fingerprint density at radius 3 is 2.77 bits per heavy atom. The van der Waals surface area contributed by atoms with Crippen LogP contribution in [0.3, 0.4) is 0 Å². The van der Waals surface area contributed by atoms with Crippen molar-refractivity contribution in [3.63, 3.8) is 0 Å². The number of amidine groups is 1. The highest BCUT2D eigenvalue weighted by molar-refractivity contribution is 5.87. The second-order valence-electron chi connectivity index (χ2n) is 7.25. The first-order valence-corrected chi connectivity index (χ1v) is 9.72. The zero-order valence-electron chi connectivity index (χ0n) is 16.8. The van der Waals surface area contributed by atoms with E-state index >= 15 is 0 Å². The van der Waals surface area contributed by atoms with E-state index < -0.39 is 17.4 Å². The summed E-state index contributed by atoms with van der Waals surface area (Å²) in [6, 6.07) is 17.3. The van der Waals surface area contributed by atoms with Gasteiger partial charge >= 0.3 is 6.09 Å². The number of benzene rings is 2. The Balaban J connectivity index is 1.55. The third-order valence-corrected chi connectivity index (χ3v) is 5.03. The SMILES string of the molecule is C[C@@]1(c2cc(NC(=O)Oc3ncccc3-c3ccccc3)ccc2F)CCOC(N)=N1. The van der Waals surface area contributed by atoms with E-state index in [1.54, 1.807) is 19.2 Å². The van der Waals surface area contributed by atoms with E-state index in [4.69, 9.17) is 15.2 Å². The second kappa shape index (κ2) is 8.43. The van der Waals surface area contributed by atoms with Crippen molar-refractivity contribution in [3.8, 4) is 17.0 Å². The first kappa shape index (κ1) is 20.3. The van der Waals surface area contributed by atoms with Gasteiger partial charge in [-0.15, -0.1) is 0 Å². The van der Waals surface area contributed by atoms with Crippen LogP contribution in [0.5, 0.6) is 5.88 Å². The highest BCUT2D eigenvalue weighted by atomic mass is 19.1. The lowest BCUT2D eigenvalue weighted by Crippen LogP contribution is -2.34. The first-order chi connectivity index (χ1) is 14.9. The Bertz CT molecular complexity index is 1140. The minimum Gasteiger partial charge on any atom is -0.465 e. The summed E-state index contributed by atoms with van der Waals surface area (Å²) in [6.45, 7) is 2.09. The highest BCUT2D eigenvalue weighted by Crippen LogP contribution is 2.35. The van der Waals surface area contributed by atoms with Crippen LogP contribution in [0, 0.1) is 5.82 Å². The Labute approximate surface area is 178 Å². The molecule has 1 atom stereocenters. The molecule has 0 unspecified atom stereocenters. The van der Waals surface area contributed by atoms with Gasteiger partial charge < -0.3 is 15.2 Å². The maximum atomic E-state index is 14.5. The summed E-state index contributed by atoms with van der Waals surface area (Å²) in [5.74, 6) is -0.279. The third kappa shape index (κ3) is 4.48. The quantitative estimate of drug-likeness (QED) is 0.650. The summed E-state index contributed by atoms with van der Waals surface area (Å²) in [6.07, 6.45) is 1.25. The molecule has 3 aromatic rings. The lowest BCUT2D eigenvalue weighted by molar-refractivity contribution is 0.213. The molecule has 2 heterocycles. The molecule has 0 saturated carbocycles. The Morgan fingerprint density at radius 2 is 2.00 bits per heavy atom. The molecule has 0 bridgehead atoms. The van der Waals surface area contributed by atoms with Crippen LogP contribution in [0.15, 0.2) is 71.9 Å². The molecule has 1 aromatic heterocycles. The van der Waals surface area contributed by atoms with Gasteiger partial charge in [0, 0.05) is 29.4 Å². The average molecular weight is 420 g/mol. The number of aromatic nitrogens is 1. The van der Waals surface area contributed by atoms with Crippen LogP contribution in [0.1, 0.15) is 18.9 Å². The predicted molar refractivity (Wildman–Crippen MR) is 115 cm³/mol. The number of amides is 1. The van der Waals surface area contributed by atoms with E-state index in [0.717, 1.165) is 5.56 Å². The number of carbonyl (C=O) groups excluding carboxylic acids is 1. The van der Waals surface area contributed by atoms with Crippen LogP contribution in [0.2, 0.25) is 0 Å². The first-order valence-electron chi connectivity index (χ1n) is 9.72. The number of anilines is 1. The van der Waals surface area contributed by atoms with Crippen molar-refractivity contribution in [1.82, 2.24) is 4.98 Å². The normalized spacial score (nSPS) is 17.9. The number of ether oxygens (including phenoxy) is 2. The number of pyridine rings is 1.